The maximum atomic E-state index is 12.7. The first kappa shape index (κ1) is 39.0. The van der Waals surface area contributed by atoms with Crippen molar-refractivity contribution in [3.63, 3.8) is 0 Å². The van der Waals surface area contributed by atoms with Crippen LogP contribution in [0.4, 0.5) is 9.59 Å². The average molecular weight is 703 g/mol. The van der Waals surface area contributed by atoms with Crippen LogP contribution in [0.2, 0.25) is 0 Å². The van der Waals surface area contributed by atoms with Crippen molar-refractivity contribution in [2.24, 2.45) is 0 Å². The molecule has 0 aliphatic rings. The molecule has 0 unspecified atom stereocenters. The van der Waals surface area contributed by atoms with Crippen molar-refractivity contribution in [3.05, 3.63) is 116 Å². The van der Waals surface area contributed by atoms with E-state index in [-0.39, 0.29) is 66.1 Å². The standard InChI is InChI=1S/C37H34O14/c1-4-32(38)44-20-6-8-22-46-36(42)50-28-12-10-26(11-13-28)34(40)49-30-18-19-31(25(3)24-30)35(41)48-27-14-16-29(17-15-27)51-37(43)47-23-9-7-21-45-33(39)5-2/h3-5,10-19,24H,1-2,6-9,20-23H2. The molecule has 0 bridgehead atoms. The van der Waals surface area contributed by atoms with E-state index in [1.165, 1.54) is 66.7 Å². The van der Waals surface area contributed by atoms with Crippen molar-refractivity contribution in [1.29, 1.82) is 0 Å². The van der Waals surface area contributed by atoms with Gasteiger partial charge in [0, 0.05) is 12.2 Å². The second-order valence-corrected chi connectivity index (χ2v) is 10.1. The first-order chi connectivity index (χ1) is 24.6. The van der Waals surface area contributed by atoms with E-state index in [0.717, 1.165) is 12.2 Å². The molecule has 0 amide bonds. The zero-order valence-corrected chi connectivity index (χ0v) is 27.4. The first-order valence-corrected chi connectivity index (χ1v) is 15.4. The number of rotatable bonds is 18. The number of esters is 4. The summed E-state index contributed by atoms with van der Waals surface area (Å²) in [7, 11) is 0. The van der Waals surface area contributed by atoms with Gasteiger partial charge in [-0.25, -0.2) is 28.8 Å². The molecule has 51 heavy (non-hydrogen) atoms. The third-order valence-corrected chi connectivity index (χ3v) is 6.32. The third kappa shape index (κ3) is 14.3. The molecule has 3 rings (SSSR count). The Morgan fingerprint density at radius 1 is 0.510 bits per heavy atom. The minimum atomic E-state index is -0.943. The molecule has 0 aromatic heterocycles. The summed E-state index contributed by atoms with van der Waals surface area (Å²) in [6.45, 7) is 13.1. The number of carbonyl (C=O) groups is 6. The van der Waals surface area contributed by atoms with Crippen molar-refractivity contribution in [3.8, 4) is 23.0 Å². The van der Waals surface area contributed by atoms with Gasteiger partial charge < -0.3 is 37.9 Å². The molecule has 266 valence electrons. The summed E-state index contributed by atoms with van der Waals surface area (Å²) in [6.07, 6.45) is 2.11. The lowest BCUT2D eigenvalue weighted by Crippen LogP contribution is -2.13. The Balaban J connectivity index is 1.40. The van der Waals surface area contributed by atoms with Crippen LogP contribution in [0.25, 0.3) is 0 Å². The summed E-state index contributed by atoms with van der Waals surface area (Å²) in [4.78, 5) is 71.1. The molecule has 3 aromatic rings. The maximum absolute atomic E-state index is 12.7. The predicted molar refractivity (Wildman–Crippen MR) is 177 cm³/mol. The minimum absolute atomic E-state index is 0.00229. The number of hydrogen-bond acceptors (Lipinski definition) is 14. The Morgan fingerprint density at radius 3 is 1.35 bits per heavy atom. The SMILES string of the molecule is [CH]c1cc(OC(=O)c2ccc(OC(=O)OCCCCOC(=O)C=C)cc2)ccc1C(=O)Oc1ccc(OC(=O)OCCCCOC(=O)C=C)cc1. The lowest BCUT2D eigenvalue weighted by Gasteiger charge is -2.10. The van der Waals surface area contributed by atoms with Gasteiger partial charge in [0.15, 0.2) is 0 Å². The molecule has 0 N–H and O–H groups in total. The fourth-order valence-corrected chi connectivity index (χ4v) is 3.79. The molecule has 0 spiro atoms. The van der Waals surface area contributed by atoms with E-state index in [0.29, 0.717) is 25.7 Å². The topological polar surface area (TPSA) is 176 Å². The lowest BCUT2D eigenvalue weighted by molar-refractivity contribution is -0.138. The van der Waals surface area contributed by atoms with E-state index >= 15 is 0 Å². The predicted octanol–water partition coefficient (Wildman–Crippen LogP) is 6.23. The molecule has 0 atom stereocenters. The second-order valence-electron chi connectivity index (χ2n) is 10.1. The lowest BCUT2D eigenvalue weighted by atomic mass is 10.1. The molecule has 14 nitrogen and oxygen atoms in total. The Morgan fingerprint density at radius 2 is 0.902 bits per heavy atom. The Hall–Kier alpha value is -6.44. The average Bonchev–Trinajstić information content (AvgIpc) is 3.12. The Kier molecular flexibility index (Phi) is 15.9. The van der Waals surface area contributed by atoms with E-state index in [4.69, 9.17) is 44.8 Å². The molecule has 0 aliphatic heterocycles. The van der Waals surface area contributed by atoms with E-state index in [9.17, 15) is 28.8 Å². The molecular weight excluding hydrogens is 668 g/mol. The fourth-order valence-electron chi connectivity index (χ4n) is 3.79. The first-order valence-electron chi connectivity index (χ1n) is 15.4. The van der Waals surface area contributed by atoms with Gasteiger partial charge in [0.25, 0.3) is 0 Å². The molecule has 0 heterocycles. The van der Waals surface area contributed by atoms with Gasteiger partial charge in [-0.05, 0) is 105 Å². The van der Waals surface area contributed by atoms with E-state index in [2.05, 4.69) is 13.2 Å². The maximum Gasteiger partial charge on any atom is 0.513 e. The van der Waals surface area contributed by atoms with Crippen LogP contribution in [0, 0.1) is 6.92 Å². The molecule has 0 saturated carbocycles. The molecule has 2 radical (unpaired) electrons. The van der Waals surface area contributed by atoms with Crippen LogP contribution < -0.4 is 18.9 Å². The normalized spacial score (nSPS) is 10.1. The highest BCUT2D eigenvalue weighted by Crippen LogP contribution is 2.23. The number of ether oxygens (including phenoxy) is 8. The van der Waals surface area contributed by atoms with Crippen molar-refractivity contribution >= 4 is 36.2 Å². The van der Waals surface area contributed by atoms with Crippen molar-refractivity contribution in [2.45, 2.75) is 25.7 Å². The highest BCUT2D eigenvalue weighted by Gasteiger charge is 2.16. The monoisotopic (exact) mass is 702 g/mol. The van der Waals surface area contributed by atoms with E-state index in [1.54, 1.807) is 0 Å². The quantitative estimate of drug-likeness (QED) is 0.0364. The van der Waals surface area contributed by atoms with Crippen LogP contribution in [0.1, 0.15) is 52.0 Å². The number of carbonyl (C=O) groups excluding carboxylic acids is 6. The Bertz CT molecular complexity index is 1690. The summed E-state index contributed by atoms with van der Waals surface area (Å²) in [5.74, 6) is -2.13. The summed E-state index contributed by atoms with van der Waals surface area (Å²) in [5.41, 5.74) is 0.116. The smallest absolute Gasteiger partial charge is 0.463 e. The van der Waals surface area contributed by atoms with Crippen LogP contribution in [-0.4, -0.2) is 62.6 Å². The van der Waals surface area contributed by atoms with Crippen molar-refractivity contribution < 1.29 is 66.7 Å². The largest absolute Gasteiger partial charge is 0.513 e. The second kappa shape index (κ2) is 20.8. The molecule has 0 saturated heterocycles. The fraction of sp³-hybridized carbons (Fsp3) is 0.216. The molecule has 0 aliphatic carbocycles. The van der Waals surface area contributed by atoms with Gasteiger partial charge in [-0.3, -0.25) is 0 Å². The van der Waals surface area contributed by atoms with Crippen molar-refractivity contribution in [1.82, 2.24) is 0 Å². The zero-order chi connectivity index (χ0) is 37.0. The number of unbranched alkanes of at least 4 members (excludes halogenated alkanes) is 2. The highest BCUT2D eigenvalue weighted by molar-refractivity contribution is 5.94. The van der Waals surface area contributed by atoms with Crippen LogP contribution in [0.5, 0.6) is 23.0 Å². The minimum Gasteiger partial charge on any atom is -0.463 e. The van der Waals surface area contributed by atoms with Crippen LogP contribution >= 0.6 is 0 Å². The molecular formula is C37H34O14. The highest BCUT2D eigenvalue weighted by atomic mass is 16.7. The van der Waals surface area contributed by atoms with Gasteiger partial charge in [0.2, 0.25) is 0 Å². The summed E-state index contributed by atoms with van der Waals surface area (Å²) < 4.78 is 40.4. The van der Waals surface area contributed by atoms with Gasteiger partial charge >= 0.3 is 36.2 Å². The molecule has 14 heteroatoms. The Labute approximate surface area is 293 Å². The summed E-state index contributed by atoms with van der Waals surface area (Å²) >= 11 is 0. The molecule has 0 fully saturated rings. The summed E-state index contributed by atoms with van der Waals surface area (Å²) in [5, 5.41) is 0. The van der Waals surface area contributed by atoms with Gasteiger partial charge in [0.05, 0.1) is 37.6 Å². The third-order valence-electron chi connectivity index (χ3n) is 6.32. The zero-order valence-electron chi connectivity index (χ0n) is 27.4. The number of hydrogen-bond donors (Lipinski definition) is 0. The van der Waals surface area contributed by atoms with Crippen LogP contribution in [0.3, 0.4) is 0 Å². The van der Waals surface area contributed by atoms with Gasteiger partial charge in [-0.15, -0.1) is 0 Å². The van der Waals surface area contributed by atoms with E-state index < -0.39 is 36.2 Å². The summed E-state index contributed by atoms with van der Waals surface area (Å²) in [6, 6.07) is 15.1. The van der Waals surface area contributed by atoms with E-state index in [1.807, 2.05) is 0 Å². The van der Waals surface area contributed by atoms with Gasteiger partial charge in [-0.2, -0.15) is 0 Å². The van der Waals surface area contributed by atoms with Gasteiger partial charge in [-0.1, -0.05) is 13.2 Å². The molecule has 3 aromatic carbocycles. The van der Waals surface area contributed by atoms with Crippen LogP contribution in [0.15, 0.2) is 92.0 Å². The number of benzene rings is 3. The van der Waals surface area contributed by atoms with Gasteiger partial charge in [0.1, 0.15) is 23.0 Å². The van der Waals surface area contributed by atoms with Crippen molar-refractivity contribution in [2.75, 3.05) is 26.4 Å². The van der Waals surface area contributed by atoms with Crippen LogP contribution in [-0.2, 0) is 28.5 Å².